The summed E-state index contributed by atoms with van der Waals surface area (Å²) in [7, 11) is 0. The quantitative estimate of drug-likeness (QED) is 0.666. The average molecular weight is 164 g/mol. The molecule has 2 heterocycles. The molecule has 0 aliphatic carbocycles. The van der Waals surface area contributed by atoms with Crippen molar-refractivity contribution in [1.82, 2.24) is 9.38 Å². The number of fused-ring (bicyclic) bond motifs is 1. The summed E-state index contributed by atoms with van der Waals surface area (Å²) in [5, 5.41) is 8.77. The third-order valence-electron chi connectivity index (χ3n) is 1.89. The summed E-state index contributed by atoms with van der Waals surface area (Å²) >= 11 is 0. The van der Waals surface area contributed by atoms with E-state index in [0.29, 0.717) is 0 Å². The minimum Gasteiger partial charge on any atom is -0.477 e. The molecule has 0 aliphatic rings. The van der Waals surface area contributed by atoms with Crippen LogP contribution in [0.3, 0.4) is 0 Å². The van der Waals surface area contributed by atoms with E-state index in [1.165, 1.54) is 6.20 Å². The monoisotopic (exact) mass is 164 g/mol. The van der Waals surface area contributed by atoms with Gasteiger partial charge in [-0.1, -0.05) is 0 Å². The number of hydrogen-bond donors (Lipinski definition) is 2. The standard InChI is InChI=1S/C8H8N2O2/c1-5-2-3-7-9-4-6(8(11)12)10(5)7/h2-4,9H,1H3,(H,11,12). The topological polar surface area (TPSA) is 57.5 Å². The van der Waals surface area contributed by atoms with Crippen molar-refractivity contribution in [2.45, 2.75) is 6.92 Å². The van der Waals surface area contributed by atoms with Crippen molar-refractivity contribution < 1.29 is 9.90 Å². The van der Waals surface area contributed by atoms with Crippen LogP contribution in [0.15, 0.2) is 18.3 Å². The van der Waals surface area contributed by atoms with E-state index in [-0.39, 0.29) is 5.69 Å². The molecule has 62 valence electrons. The Bertz CT molecular complexity index is 439. The molecule has 4 heteroatoms. The lowest BCUT2D eigenvalue weighted by Crippen LogP contribution is -2.01. The van der Waals surface area contributed by atoms with Crippen molar-refractivity contribution >= 4 is 11.6 Å². The summed E-state index contributed by atoms with van der Waals surface area (Å²) in [5.74, 6) is -0.916. The summed E-state index contributed by atoms with van der Waals surface area (Å²) < 4.78 is 1.67. The van der Waals surface area contributed by atoms with Gasteiger partial charge in [-0.3, -0.25) is 4.40 Å². The largest absolute Gasteiger partial charge is 0.477 e. The highest BCUT2D eigenvalue weighted by Gasteiger charge is 2.10. The number of aromatic nitrogens is 2. The molecule has 2 N–H and O–H groups in total. The van der Waals surface area contributed by atoms with Gasteiger partial charge in [0.05, 0.1) is 0 Å². The van der Waals surface area contributed by atoms with Crippen LogP contribution in [0.5, 0.6) is 0 Å². The lowest BCUT2D eigenvalue weighted by molar-refractivity contribution is 0.0689. The van der Waals surface area contributed by atoms with Crippen molar-refractivity contribution in [3.8, 4) is 0 Å². The van der Waals surface area contributed by atoms with Crippen LogP contribution in [0.4, 0.5) is 0 Å². The Kier molecular flexibility index (Phi) is 1.24. The third-order valence-corrected chi connectivity index (χ3v) is 1.89. The zero-order valence-electron chi connectivity index (χ0n) is 6.53. The first-order valence-electron chi connectivity index (χ1n) is 3.59. The number of carboxylic acid groups (broad SMARTS) is 1. The van der Waals surface area contributed by atoms with Crippen molar-refractivity contribution in [2.75, 3.05) is 0 Å². The molecule has 12 heavy (non-hydrogen) atoms. The SMILES string of the molecule is Cc1ccc2[nH]cc(C(=O)O)n12. The molecule has 0 amide bonds. The average Bonchev–Trinajstić information content (AvgIpc) is 2.53. The molecular weight excluding hydrogens is 156 g/mol. The summed E-state index contributed by atoms with van der Waals surface area (Å²) in [6, 6.07) is 3.72. The predicted octanol–water partition coefficient (Wildman–Crippen LogP) is 1.27. The lowest BCUT2D eigenvalue weighted by atomic mass is 10.4. The molecule has 0 unspecified atom stereocenters. The van der Waals surface area contributed by atoms with E-state index < -0.39 is 5.97 Å². The van der Waals surface area contributed by atoms with Crippen LogP contribution in [0.2, 0.25) is 0 Å². The van der Waals surface area contributed by atoms with Gasteiger partial charge in [-0.2, -0.15) is 0 Å². The maximum absolute atomic E-state index is 10.7. The second-order valence-electron chi connectivity index (χ2n) is 2.67. The minimum absolute atomic E-state index is 0.271. The van der Waals surface area contributed by atoms with Gasteiger partial charge in [-0.05, 0) is 19.1 Å². The number of nitrogens with one attached hydrogen (secondary N) is 1. The third kappa shape index (κ3) is 0.747. The maximum atomic E-state index is 10.7. The fourth-order valence-corrected chi connectivity index (χ4v) is 1.34. The predicted molar refractivity (Wildman–Crippen MR) is 43.4 cm³/mol. The molecule has 2 rings (SSSR count). The molecule has 0 atom stereocenters. The van der Waals surface area contributed by atoms with Gasteiger partial charge in [0.2, 0.25) is 0 Å². The Morgan fingerprint density at radius 1 is 1.58 bits per heavy atom. The number of H-pyrrole nitrogens is 1. The zero-order chi connectivity index (χ0) is 8.72. The molecule has 2 aromatic heterocycles. The lowest BCUT2D eigenvalue weighted by Gasteiger charge is -1.93. The first kappa shape index (κ1) is 6.97. The van der Waals surface area contributed by atoms with Gasteiger partial charge in [0.1, 0.15) is 11.3 Å². The Hall–Kier alpha value is -1.71. The number of aryl methyl sites for hydroxylation is 1. The van der Waals surface area contributed by atoms with Crippen LogP contribution >= 0.6 is 0 Å². The number of aromatic amines is 1. The van der Waals surface area contributed by atoms with Gasteiger partial charge in [0.15, 0.2) is 0 Å². The molecule has 2 aromatic rings. The number of carbonyl (C=O) groups is 1. The number of imidazole rings is 1. The highest BCUT2D eigenvalue weighted by atomic mass is 16.4. The molecule has 0 saturated carbocycles. The number of rotatable bonds is 1. The molecule has 0 saturated heterocycles. The Morgan fingerprint density at radius 2 is 2.33 bits per heavy atom. The molecule has 0 bridgehead atoms. The van der Waals surface area contributed by atoms with Crippen molar-refractivity contribution in [1.29, 1.82) is 0 Å². The van der Waals surface area contributed by atoms with Gasteiger partial charge in [0, 0.05) is 11.9 Å². The maximum Gasteiger partial charge on any atom is 0.354 e. The minimum atomic E-state index is -0.916. The number of carboxylic acids is 1. The number of aromatic carboxylic acids is 1. The van der Waals surface area contributed by atoms with Gasteiger partial charge in [-0.15, -0.1) is 0 Å². The van der Waals surface area contributed by atoms with Crippen molar-refractivity contribution in [3.63, 3.8) is 0 Å². The van der Waals surface area contributed by atoms with E-state index >= 15 is 0 Å². The van der Waals surface area contributed by atoms with E-state index in [0.717, 1.165) is 11.3 Å². The fourth-order valence-electron chi connectivity index (χ4n) is 1.34. The summed E-state index contributed by atoms with van der Waals surface area (Å²) in [5.41, 5.74) is 2.00. The van der Waals surface area contributed by atoms with E-state index in [1.54, 1.807) is 4.40 Å². The fraction of sp³-hybridized carbons (Fsp3) is 0.125. The Labute approximate surface area is 68.4 Å². The van der Waals surface area contributed by atoms with E-state index in [2.05, 4.69) is 4.98 Å². The summed E-state index contributed by atoms with van der Waals surface area (Å²) in [6.07, 6.45) is 1.49. The molecule has 0 aliphatic heterocycles. The second kappa shape index (κ2) is 2.14. The smallest absolute Gasteiger partial charge is 0.354 e. The van der Waals surface area contributed by atoms with Crippen LogP contribution in [0.1, 0.15) is 16.2 Å². The zero-order valence-corrected chi connectivity index (χ0v) is 6.53. The normalized spacial score (nSPS) is 10.8. The molecule has 4 nitrogen and oxygen atoms in total. The second-order valence-corrected chi connectivity index (χ2v) is 2.67. The van der Waals surface area contributed by atoms with Gasteiger partial charge in [0.25, 0.3) is 0 Å². The first-order valence-corrected chi connectivity index (χ1v) is 3.59. The molecule has 0 spiro atoms. The van der Waals surface area contributed by atoms with Crippen LogP contribution < -0.4 is 0 Å². The van der Waals surface area contributed by atoms with Gasteiger partial charge in [-0.25, -0.2) is 4.79 Å². The van der Waals surface area contributed by atoms with Crippen LogP contribution in [0, 0.1) is 6.92 Å². The summed E-state index contributed by atoms with van der Waals surface area (Å²) in [4.78, 5) is 13.6. The number of nitrogens with zero attached hydrogens (tertiary/aromatic N) is 1. The van der Waals surface area contributed by atoms with E-state index in [1.807, 2.05) is 19.1 Å². The van der Waals surface area contributed by atoms with Crippen molar-refractivity contribution in [3.05, 3.63) is 29.7 Å². The highest BCUT2D eigenvalue weighted by molar-refractivity contribution is 5.86. The van der Waals surface area contributed by atoms with Gasteiger partial charge < -0.3 is 10.1 Å². The Morgan fingerprint density at radius 3 is 3.00 bits per heavy atom. The Balaban J connectivity index is 2.83. The highest BCUT2D eigenvalue weighted by Crippen LogP contribution is 2.11. The molecule has 0 radical (unpaired) electrons. The van der Waals surface area contributed by atoms with Crippen LogP contribution in [0.25, 0.3) is 5.65 Å². The number of hydrogen-bond acceptors (Lipinski definition) is 1. The van der Waals surface area contributed by atoms with E-state index in [9.17, 15) is 4.79 Å². The molecule has 0 aromatic carbocycles. The summed E-state index contributed by atoms with van der Waals surface area (Å²) in [6.45, 7) is 1.87. The van der Waals surface area contributed by atoms with Gasteiger partial charge >= 0.3 is 5.97 Å². The molecular formula is C8H8N2O2. The van der Waals surface area contributed by atoms with Crippen LogP contribution in [-0.4, -0.2) is 20.5 Å². The van der Waals surface area contributed by atoms with Crippen LogP contribution in [-0.2, 0) is 0 Å². The van der Waals surface area contributed by atoms with Crippen molar-refractivity contribution in [2.24, 2.45) is 0 Å². The van der Waals surface area contributed by atoms with E-state index in [4.69, 9.17) is 5.11 Å². The first-order chi connectivity index (χ1) is 5.70. The molecule has 0 fully saturated rings.